The summed E-state index contributed by atoms with van der Waals surface area (Å²) in [6, 6.07) is 10.5. The second-order valence-electron chi connectivity index (χ2n) is 18.7. The number of imidazole rings is 1. The molecule has 2 heterocycles. The molecule has 0 radical (unpaired) electrons. The van der Waals surface area contributed by atoms with Crippen LogP contribution in [0.2, 0.25) is 0 Å². The van der Waals surface area contributed by atoms with Crippen molar-refractivity contribution >= 4 is 41.3 Å². The highest BCUT2D eigenvalue weighted by Gasteiger charge is 2.40. The third-order valence-corrected chi connectivity index (χ3v) is 13.0. The van der Waals surface area contributed by atoms with E-state index in [9.17, 15) is 38.6 Å². The molecule has 0 saturated carbocycles. The topological polar surface area (TPSA) is 275 Å². The molecule has 4 rings (SSSR count). The van der Waals surface area contributed by atoms with Gasteiger partial charge in [-0.3, -0.25) is 24.0 Å². The monoisotopic (exact) mass is 1060 g/mol. The van der Waals surface area contributed by atoms with Crippen molar-refractivity contribution in [3.8, 4) is 11.3 Å². The van der Waals surface area contributed by atoms with Gasteiger partial charge in [-0.25, -0.2) is 13.8 Å². The molecule has 1 fully saturated rings. The molecule has 2 aromatic carbocycles. The number of hydrogen-bond acceptors (Lipinski definition) is 15. The molecule has 1 saturated heterocycles. The highest BCUT2D eigenvalue weighted by Crippen LogP contribution is 2.40. The van der Waals surface area contributed by atoms with Crippen LogP contribution in [0.3, 0.4) is 0 Å². The number of nitrogens with two attached hydrogens (primary N) is 2. The van der Waals surface area contributed by atoms with Crippen LogP contribution in [0, 0.1) is 17.0 Å². The minimum absolute atomic E-state index is 0.00429. The number of aliphatic hydroxyl groups excluding tert-OH is 2. The first-order chi connectivity index (χ1) is 35.5. The Hall–Kier alpha value is -5.11. The summed E-state index contributed by atoms with van der Waals surface area (Å²) in [6.07, 6.45) is 3.73. The summed E-state index contributed by atoms with van der Waals surface area (Å²) in [5.74, 6) is -2.68. The van der Waals surface area contributed by atoms with Crippen molar-refractivity contribution in [3.05, 3.63) is 77.8 Å². The van der Waals surface area contributed by atoms with Gasteiger partial charge in [-0.15, -0.1) is 11.8 Å². The number of nitrogens with zero attached hydrogens (tertiary/aromatic N) is 4. The van der Waals surface area contributed by atoms with E-state index in [1.165, 1.54) is 16.7 Å². The van der Waals surface area contributed by atoms with Crippen LogP contribution in [0.25, 0.3) is 11.3 Å². The van der Waals surface area contributed by atoms with Crippen molar-refractivity contribution in [2.75, 3.05) is 104 Å². The molecule has 5 amide bonds. The fraction of sp³-hybridized carbons (Fsp3) is 0.608. The molecule has 0 aliphatic carbocycles. The molecule has 0 bridgehead atoms. The molecular weight excluding hydrogens is 985 g/mol. The quantitative estimate of drug-likeness (QED) is 0.0411. The summed E-state index contributed by atoms with van der Waals surface area (Å²) >= 11 is 1.33. The van der Waals surface area contributed by atoms with Crippen LogP contribution in [-0.4, -0.2) is 181 Å². The summed E-state index contributed by atoms with van der Waals surface area (Å²) in [6.45, 7) is 8.76. The summed E-state index contributed by atoms with van der Waals surface area (Å²) < 4.78 is 53.2. The minimum Gasteiger partial charge on any atom is -0.387 e. The van der Waals surface area contributed by atoms with Gasteiger partial charge in [-0.2, -0.15) is 0 Å². The number of carbonyl (C=O) groups is 5. The van der Waals surface area contributed by atoms with Crippen molar-refractivity contribution in [1.29, 1.82) is 0 Å². The smallest absolute Gasteiger partial charge is 0.248 e. The van der Waals surface area contributed by atoms with E-state index in [-0.39, 0.29) is 68.6 Å². The van der Waals surface area contributed by atoms with Crippen LogP contribution < -0.4 is 27.4 Å². The zero-order valence-electron chi connectivity index (χ0n) is 42.9. The van der Waals surface area contributed by atoms with E-state index in [4.69, 9.17) is 35.4 Å². The highest BCUT2D eigenvalue weighted by atomic mass is 32.2. The summed E-state index contributed by atoms with van der Waals surface area (Å²) in [5, 5.41) is 28.3. The highest BCUT2D eigenvalue weighted by molar-refractivity contribution is 8.00. The number of unbranched alkanes of at least 4 members (excludes halogenated alkanes) is 2. The Morgan fingerprint density at radius 3 is 2.19 bits per heavy atom. The van der Waals surface area contributed by atoms with Gasteiger partial charge in [0.05, 0.1) is 75.9 Å². The molecule has 1 aliphatic heterocycles. The first-order valence-electron chi connectivity index (χ1n) is 25.2. The number of nitrogens with one attached hydrogen (secondary N) is 3. The molecule has 23 heteroatoms. The molecule has 2 unspecified atom stereocenters. The van der Waals surface area contributed by atoms with E-state index in [1.807, 2.05) is 51.1 Å². The average Bonchev–Trinajstić information content (AvgIpc) is 3.89. The Labute approximate surface area is 436 Å². The van der Waals surface area contributed by atoms with Gasteiger partial charge in [0.15, 0.2) is 0 Å². The van der Waals surface area contributed by atoms with Gasteiger partial charge < -0.3 is 70.9 Å². The van der Waals surface area contributed by atoms with Gasteiger partial charge in [0.2, 0.25) is 29.5 Å². The van der Waals surface area contributed by atoms with E-state index < -0.39 is 64.9 Å². The van der Waals surface area contributed by atoms with Crippen LogP contribution >= 0.6 is 11.8 Å². The second kappa shape index (κ2) is 33.0. The predicted molar refractivity (Wildman–Crippen MR) is 275 cm³/mol. The van der Waals surface area contributed by atoms with Crippen LogP contribution in [0.15, 0.2) is 54.7 Å². The lowest BCUT2D eigenvalue weighted by Gasteiger charge is -2.40. The van der Waals surface area contributed by atoms with Crippen molar-refractivity contribution in [2.45, 2.75) is 89.4 Å². The molecule has 1 aromatic heterocycles. The van der Waals surface area contributed by atoms with Crippen molar-refractivity contribution in [1.82, 2.24) is 35.3 Å². The first kappa shape index (κ1) is 61.4. The Kier molecular flexibility index (Phi) is 27.4. The van der Waals surface area contributed by atoms with Crippen LogP contribution in [-0.2, 0) is 49.5 Å². The van der Waals surface area contributed by atoms with Crippen LogP contribution in [0.4, 0.5) is 8.78 Å². The number of hydrogen-bond donors (Lipinski definition) is 7. The van der Waals surface area contributed by atoms with Crippen molar-refractivity contribution < 1.29 is 61.9 Å². The molecule has 4 atom stereocenters. The summed E-state index contributed by atoms with van der Waals surface area (Å²) in [5.41, 5.74) is 12.0. The number of halogens is 2. The van der Waals surface area contributed by atoms with Gasteiger partial charge in [0.1, 0.15) is 36.8 Å². The molecular formula is C51H77F2N9O11S. The third-order valence-electron chi connectivity index (χ3n) is 11.8. The molecule has 9 N–H and O–H groups in total. The number of carbonyl (C=O) groups excluding carboxylic acids is 5. The summed E-state index contributed by atoms with van der Waals surface area (Å²) in [4.78, 5) is 71.6. The number of amides is 5. The fourth-order valence-electron chi connectivity index (χ4n) is 8.01. The molecule has 3 aromatic rings. The van der Waals surface area contributed by atoms with E-state index in [0.717, 1.165) is 47.9 Å². The number of likely N-dealkylation sites (tertiary alicyclic amines) is 1. The standard InChI is InChI=1S/C51H77F2N9O11S/c1-51(2,3)47(48-59-41(38-30-37(52)12-13-39(38)53)33-60(48)32-36-10-6-4-7-11-36)61(46(67)35-63)20-14-40(55)49(68)58-19-18-57-44(65)34-62-45(66)31-42(50(62)69)74-29-28-73-27-26-72-25-24-71-23-22-70-21-15-43(64)56-17-9-5-8-16-54/h4,6-7,10-13,30,33,40,42,45,47,63,66H,5,8-9,14-29,31-32,34-35,54-55H2,1-3H3,(H,56,64)(H,57,65)(H,58,68)/t40-,42?,45?,47-/m0/s1. The Morgan fingerprint density at radius 1 is 0.878 bits per heavy atom. The van der Waals surface area contributed by atoms with Gasteiger partial charge >= 0.3 is 0 Å². The number of benzene rings is 2. The molecule has 1 aliphatic rings. The largest absolute Gasteiger partial charge is 0.387 e. The zero-order chi connectivity index (χ0) is 53.9. The number of ether oxygens (including phenoxy) is 4. The van der Waals surface area contributed by atoms with Crippen molar-refractivity contribution in [3.63, 3.8) is 0 Å². The zero-order valence-corrected chi connectivity index (χ0v) is 43.8. The maximum Gasteiger partial charge on any atom is 0.248 e. The lowest BCUT2D eigenvalue weighted by atomic mass is 9.84. The number of aromatic nitrogens is 2. The maximum absolute atomic E-state index is 15.1. The lowest BCUT2D eigenvalue weighted by molar-refractivity contribution is -0.140. The Morgan fingerprint density at radius 2 is 1.53 bits per heavy atom. The van der Waals surface area contributed by atoms with E-state index in [0.29, 0.717) is 83.9 Å². The van der Waals surface area contributed by atoms with E-state index in [1.54, 1.807) is 10.8 Å². The lowest BCUT2D eigenvalue weighted by Crippen LogP contribution is -2.49. The molecule has 74 heavy (non-hydrogen) atoms. The third kappa shape index (κ3) is 21.3. The summed E-state index contributed by atoms with van der Waals surface area (Å²) in [7, 11) is 0. The number of aliphatic hydroxyl groups is 2. The normalized spacial score (nSPS) is 15.5. The Bertz CT molecular complexity index is 2190. The first-order valence-corrected chi connectivity index (χ1v) is 26.2. The van der Waals surface area contributed by atoms with Gasteiger partial charge in [-0.05, 0) is 55.0 Å². The minimum atomic E-state index is -1.14. The van der Waals surface area contributed by atoms with Crippen LogP contribution in [0.5, 0.6) is 0 Å². The molecule has 20 nitrogen and oxygen atoms in total. The predicted octanol–water partition coefficient (Wildman–Crippen LogP) is 2.09. The van der Waals surface area contributed by atoms with Gasteiger partial charge in [-0.1, -0.05) is 57.5 Å². The van der Waals surface area contributed by atoms with E-state index in [2.05, 4.69) is 16.0 Å². The SMILES string of the molecule is CC(C)(C)[C@H](c1nc(-c2cc(F)ccc2F)cn1Cc1ccccc1)N(CC[C@H](N)C(=O)NCCNC(=O)CN1C(=O)C(SCCOCCOCCOCCOCCC(=O)NCCCCCN)CC1O)C(=O)CO. The maximum atomic E-state index is 15.1. The molecule has 412 valence electrons. The Balaban J connectivity index is 1.13. The van der Waals surface area contributed by atoms with Gasteiger partial charge in [0, 0.05) is 63.1 Å². The number of rotatable bonds is 36. The average molecular weight is 1060 g/mol. The number of thioether (sulfide) groups is 1. The fourth-order valence-corrected chi connectivity index (χ4v) is 9.10. The molecule has 0 spiro atoms. The van der Waals surface area contributed by atoms with Crippen molar-refractivity contribution in [2.24, 2.45) is 16.9 Å². The van der Waals surface area contributed by atoms with Crippen LogP contribution in [0.1, 0.15) is 76.7 Å². The second-order valence-corrected chi connectivity index (χ2v) is 20.0. The van der Waals surface area contributed by atoms with E-state index >= 15 is 4.39 Å². The van der Waals surface area contributed by atoms with Gasteiger partial charge in [0.25, 0.3) is 0 Å².